The minimum Gasteiger partial charge on any atom is -0.388 e. The van der Waals surface area contributed by atoms with Gasteiger partial charge in [0.25, 0.3) is 0 Å². The lowest BCUT2D eigenvalue weighted by Crippen LogP contribution is -1.98. The lowest BCUT2D eigenvalue weighted by atomic mass is 10.0. The van der Waals surface area contributed by atoms with E-state index in [1.165, 1.54) is 5.56 Å². The number of aliphatic hydroxyl groups excluding tert-OH is 1. The summed E-state index contributed by atoms with van der Waals surface area (Å²) in [6.07, 6.45) is 0.651. The van der Waals surface area contributed by atoms with Gasteiger partial charge in [-0.25, -0.2) is 0 Å². The van der Waals surface area contributed by atoms with Crippen LogP contribution in [0.25, 0.3) is 0 Å². The minimum atomic E-state index is -0.240. The maximum Gasteiger partial charge on any atom is 0.0800 e. The highest BCUT2D eigenvalue weighted by Crippen LogP contribution is 2.29. The van der Waals surface area contributed by atoms with Gasteiger partial charge in [0.1, 0.15) is 0 Å². The van der Waals surface area contributed by atoms with E-state index in [9.17, 15) is 5.11 Å². The predicted octanol–water partition coefficient (Wildman–Crippen LogP) is 2.36. The molecule has 0 saturated heterocycles. The molecule has 1 aromatic carbocycles. The maximum atomic E-state index is 9.73. The first-order chi connectivity index (χ1) is 5.88. The number of benzene rings is 1. The van der Waals surface area contributed by atoms with Gasteiger partial charge in [-0.2, -0.15) is 11.8 Å². The van der Waals surface area contributed by atoms with E-state index in [0.29, 0.717) is 0 Å². The maximum absolute atomic E-state index is 9.73. The summed E-state index contributed by atoms with van der Waals surface area (Å²) >= 11 is 1.90. The van der Waals surface area contributed by atoms with Crippen LogP contribution in [0.4, 0.5) is 0 Å². The fourth-order valence-corrected chi connectivity index (χ4v) is 2.54. The zero-order valence-electron chi connectivity index (χ0n) is 6.86. The van der Waals surface area contributed by atoms with Gasteiger partial charge in [-0.05, 0) is 23.3 Å². The molecule has 1 heterocycles. The van der Waals surface area contributed by atoms with Crippen LogP contribution in [-0.2, 0) is 5.75 Å². The Labute approximate surface area is 76.8 Å². The van der Waals surface area contributed by atoms with Crippen molar-refractivity contribution in [1.82, 2.24) is 0 Å². The van der Waals surface area contributed by atoms with E-state index in [1.807, 2.05) is 30.0 Å². The average Bonchev–Trinajstić information content (AvgIpc) is 2.29. The molecule has 0 bridgehead atoms. The lowest BCUT2D eigenvalue weighted by molar-refractivity contribution is 0.175. The van der Waals surface area contributed by atoms with Crippen LogP contribution in [0.1, 0.15) is 23.7 Å². The number of hydrogen-bond acceptors (Lipinski definition) is 2. The highest BCUT2D eigenvalue weighted by Gasteiger charge is 2.14. The van der Waals surface area contributed by atoms with Crippen LogP contribution in [0, 0.1) is 0 Å². The zero-order valence-corrected chi connectivity index (χ0v) is 7.68. The normalized spacial score (nSPS) is 22.9. The number of aliphatic hydroxyl groups is 1. The molecule has 1 aliphatic heterocycles. The van der Waals surface area contributed by atoms with Gasteiger partial charge in [0.05, 0.1) is 6.10 Å². The fraction of sp³-hybridized carbons (Fsp3) is 0.400. The van der Waals surface area contributed by atoms with Gasteiger partial charge in [-0.3, -0.25) is 0 Å². The molecule has 0 fully saturated rings. The predicted molar refractivity (Wildman–Crippen MR) is 52.2 cm³/mol. The molecule has 12 heavy (non-hydrogen) atoms. The largest absolute Gasteiger partial charge is 0.388 e. The van der Waals surface area contributed by atoms with Gasteiger partial charge >= 0.3 is 0 Å². The molecule has 64 valence electrons. The summed E-state index contributed by atoms with van der Waals surface area (Å²) in [5.41, 5.74) is 2.43. The second-order valence-electron chi connectivity index (χ2n) is 3.06. The van der Waals surface area contributed by atoms with Crippen LogP contribution in [-0.4, -0.2) is 10.9 Å². The van der Waals surface area contributed by atoms with Crippen molar-refractivity contribution in [3.8, 4) is 0 Å². The summed E-state index contributed by atoms with van der Waals surface area (Å²) in [4.78, 5) is 0. The van der Waals surface area contributed by atoms with Crippen molar-refractivity contribution < 1.29 is 5.11 Å². The van der Waals surface area contributed by atoms with E-state index >= 15 is 0 Å². The van der Waals surface area contributed by atoms with Crippen molar-refractivity contribution in [2.75, 3.05) is 5.75 Å². The van der Waals surface area contributed by atoms with Crippen LogP contribution >= 0.6 is 11.8 Å². The van der Waals surface area contributed by atoms with Crippen molar-refractivity contribution >= 4 is 11.8 Å². The van der Waals surface area contributed by atoms with Crippen LogP contribution in [0.3, 0.4) is 0 Å². The molecule has 2 rings (SSSR count). The van der Waals surface area contributed by atoms with Gasteiger partial charge in [0, 0.05) is 5.75 Å². The fourth-order valence-electron chi connectivity index (χ4n) is 1.52. The van der Waals surface area contributed by atoms with E-state index in [4.69, 9.17) is 0 Å². The van der Waals surface area contributed by atoms with Crippen molar-refractivity contribution in [2.45, 2.75) is 18.3 Å². The first kappa shape index (κ1) is 8.14. The Morgan fingerprint density at radius 1 is 1.33 bits per heavy atom. The molecule has 0 saturated carbocycles. The summed E-state index contributed by atoms with van der Waals surface area (Å²) < 4.78 is 0. The summed E-state index contributed by atoms with van der Waals surface area (Å²) in [6.45, 7) is 0. The Morgan fingerprint density at radius 2 is 2.17 bits per heavy atom. The van der Waals surface area contributed by atoms with Crippen molar-refractivity contribution in [3.63, 3.8) is 0 Å². The third-order valence-electron chi connectivity index (χ3n) is 2.21. The Balaban J connectivity index is 2.39. The minimum absolute atomic E-state index is 0.240. The second-order valence-corrected chi connectivity index (χ2v) is 4.16. The number of hydrogen-bond donors (Lipinski definition) is 1. The van der Waals surface area contributed by atoms with Crippen LogP contribution in [0.5, 0.6) is 0 Å². The Morgan fingerprint density at radius 3 is 3.08 bits per heavy atom. The van der Waals surface area contributed by atoms with E-state index in [2.05, 4.69) is 6.07 Å². The SMILES string of the molecule is O[C@H]1CCSCc2ccccc21. The van der Waals surface area contributed by atoms with Crippen molar-refractivity contribution in [3.05, 3.63) is 35.4 Å². The van der Waals surface area contributed by atoms with Crippen LogP contribution in [0.15, 0.2) is 24.3 Å². The van der Waals surface area contributed by atoms with Crippen LogP contribution < -0.4 is 0 Å². The topological polar surface area (TPSA) is 20.2 Å². The molecule has 2 heteroatoms. The molecule has 1 N–H and O–H groups in total. The molecule has 0 aliphatic carbocycles. The van der Waals surface area contributed by atoms with E-state index in [-0.39, 0.29) is 6.10 Å². The monoisotopic (exact) mass is 180 g/mol. The Kier molecular flexibility index (Phi) is 2.38. The molecule has 0 aromatic heterocycles. The number of fused-ring (bicyclic) bond motifs is 1. The zero-order chi connectivity index (χ0) is 8.39. The number of rotatable bonds is 0. The molecule has 1 aliphatic rings. The summed E-state index contributed by atoms with van der Waals surface area (Å²) in [5, 5.41) is 9.73. The van der Waals surface area contributed by atoms with E-state index in [0.717, 1.165) is 23.5 Å². The average molecular weight is 180 g/mol. The second kappa shape index (κ2) is 3.50. The quantitative estimate of drug-likeness (QED) is 0.661. The summed E-state index contributed by atoms with van der Waals surface area (Å²) in [6, 6.07) is 8.18. The Bertz CT molecular complexity index is 272. The number of thioether (sulfide) groups is 1. The molecule has 0 unspecified atom stereocenters. The van der Waals surface area contributed by atoms with Gasteiger partial charge in [0.15, 0.2) is 0 Å². The molecular formula is C10H12OS. The third-order valence-corrected chi connectivity index (χ3v) is 3.25. The van der Waals surface area contributed by atoms with E-state index < -0.39 is 0 Å². The van der Waals surface area contributed by atoms with Crippen LogP contribution in [0.2, 0.25) is 0 Å². The molecule has 1 aromatic rings. The lowest BCUT2D eigenvalue weighted by Gasteiger charge is -2.09. The van der Waals surface area contributed by atoms with Gasteiger partial charge in [0.2, 0.25) is 0 Å². The Hall–Kier alpha value is -0.470. The first-order valence-electron chi connectivity index (χ1n) is 4.21. The first-order valence-corrected chi connectivity index (χ1v) is 5.37. The van der Waals surface area contributed by atoms with Crippen molar-refractivity contribution in [2.24, 2.45) is 0 Å². The molecule has 1 nitrogen and oxygen atoms in total. The van der Waals surface area contributed by atoms with Gasteiger partial charge in [-0.1, -0.05) is 24.3 Å². The highest BCUT2D eigenvalue weighted by molar-refractivity contribution is 7.98. The van der Waals surface area contributed by atoms with Gasteiger partial charge in [-0.15, -0.1) is 0 Å². The smallest absolute Gasteiger partial charge is 0.0800 e. The molecule has 1 atom stereocenters. The molecule has 0 spiro atoms. The van der Waals surface area contributed by atoms with E-state index in [1.54, 1.807) is 0 Å². The highest BCUT2D eigenvalue weighted by atomic mass is 32.2. The summed E-state index contributed by atoms with van der Waals surface area (Å²) in [7, 11) is 0. The standard InChI is InChI=1S/C10H12OS/c11-10-5-6-12-7-8-3-1-2-4-9(8)10/h1-4,10-11H,5-7H2/t10-/m0/s1. The molecule has 0 radical (unpaired) electrons. The van der Waals surface area contributed by atoms with Gasteiger partial charge < -0.3 is 5.11 Å². The molecular weight excluding hydrogens is 168 g/mol. The summed E-state index contributed by atoms with van der Waals surface area (Å²) in [5.74, 6) is 2.11. The van der Waals surface area contributed by atoms with Crippen molar-refractivity contribution in [1.29, 1.82) is 0 Å². The third kappa shape index (κ3) is 1.50. The molecule has 0 amide bonds.